The van der Waals surface area contributed by atoms with Crippen LogP contribution >= 0.6 is 0 Å². The molecule has 1 heteroatoms. The van der Waals surface area contributed by atoms with Gasteiger partial charge in [0.05, 0.1) is 0 Å². The standard InChI is InChI=1S/C8H15N/c1-6-7-3-4-8(5-7)9(6)2/h6-8H,3-5H2,1-2H3/t6-,7+,8?/m1/s1. The summed E-state index contributed by atoms with van der Waals surface area (Å²) in [6.07, 6.45) is 4.44. The Morgan fingerprint density at radius 1 is 1.33 bits per heavy atom. The fraction of sp³-hybridized carbons (Fsp3) is 1.00. The minimum absolute atomic E-state index is 0.878. The molecule has 1 nitrogen and oxygen atoms in total. The van der Waals surface area contributed by atoms with Crippen LogP contribution in [-0.2, 0) is 0 Å². The van der Waals surface area contributed by atoms with Crippen LogP contribution < -0.4 is 0 Å². The van der Waals surface area contributed by atoms with Crippen molar-refractivity contribution in [2.45, 2.75) is 38.3 Å². The third-order valence-corrected chi connectivity index (χ3v) is 3.35. The highest BCUT2D eigenvalue weighted by molar-refractivity contribution is 4.95. The van der Waals surface area contributed by atoms with Crippen LogP contribution in [0.2, 0.25) is 0 Å². The van der Waals surface area contributed by atoms with Gasteiger partial charge in [0.25, 0.3) is 0 Å². The van der Waals surface area contributed by atoms with Gasteiger partial charge in [-0.25, -0.2) is 0 Å². The predicted molar refractivity (Wildman–Crippen MR) is 38.4 cm³/mol. The smallest absolute Gasteiger partial charge is 0.00984 e. The Balaban J connectivity index is 2.15. The normalized spacial score (nSPS) is 50.7. The molecule has 0 aromatic heterocycles. The Bertz CT molecular complexity index is 104. The quantitative estimate of drug-likeness (QED) is 0.474. The number of likely N-dealkylation sites (tertiary alicyclic amines) is 1. The van der Waals surface area contributed by atoms with E-state index in [0.29, 0.717) is 0 Å². The average molecular weight is 125 g/mol. The molecule has 1 saturated carbocycles. The molecule has 0 N–H and O–H groups in total. The van der Waals surface area contributed by atoms with Crippen LogP contribution in [0.5, 0.6) is 0 Å². The van der Waals surface area contributed by atoms with E-state index >= 15 is 0 Å². The molecule has 3 atom stereocenters. The number of fused-ring (bicyclic) bond motifs is 2. The Morgan fingerprint density at radius 2 is 2.11 bits per heavy atom. The molecule has 1 heterocycles. The second-order valence-electron chi connectivity index (χ2n) is 3.63. The topological polar surface area (TPSA) is 3.24 Å². The summed E-state index contributed by atoms with van der Waals surface area (Å²) < 4.78 is 0. The third kappa shape index (κ3) is 0.644. The third-order valence-electron chi connectivity index (χ3n) is 3.35. The van der Waals surface area contributed by atoms with Crippen molar-refractivity contribution in [2.75, 3.05) is 7.05 Å². The molecule has 1 aliphatic heterocycles. The van der Waals surface area contributed by atoms with Crippen LogP contribution in [-0.4, -0.2) is 24.0 Å². The molecule has 1 saturated heterocycles. The van der Waals surface area contributed by atoms with Crippen molar-refractivity contribution < 1.29 is 0 Å². The molecule has 1 unspecified atom stereocenters. The van der Waals surface area contributed by atoms with E-state index in [9.17, 15) is 0 Å². The van der Waals surface area contributed by atoms with Crippen molar-refractivity contribution in [3.8, 4) is 0 Å². The van der Waals surface area contributed by atoms with Crippen molar-refractivity contribution in [3.63, 3.8) is 0 Å². The van der Waals surface area contributed by atoms with Gasteiger partial charge in [-0.15, -0.1) is 0 Å². The SMILES string of the molecule is C[C@@H]1[C@H]2CCC(C2)N1C. The highest BCUT2D eigenvalue weighted by Crippen LogP contribution is 2.40. The molecule has 0 aromatic carbocycles. The summed E-state index contributed by atoms with van der Waals surface area (Å²) in [5.74, 6) is 1.04. The minimum atomic E-state index is 0.878. The summed E-state index contributed by atoms with van der Waals surface area (Å²) in [4.78, 5) is 2.55. The summed E-state index contributed by atoms with van der Waals surface area (Å²) in [6.45, 7) is 2.36. The second-order valence-corrected chi connectivity index (χ2v) is 3.63. The van der Waals surface area contributed by atoms with E-state index < -0.39 is 0 Å². The number of hydrogen-bond acceptors (Lipinski definition) is 1. The molecule has 2 rings (SSSR count). The molecule has 0 radical (unpaired) electrons. The van der Waals surface area contributed by atoms with Crippen LogP contribution in [0, 0.1) is 5.92 Å². The Morgan fingerprint density at radius 3 is 2.44 bits per heavy atom. The predicted octanol–water partition coefficient (Wildman–Crippen LogP) is 1.49. The molecule has 0 aromatic rings. The van der Waals surface area contributed by atoms with E-state index in [-0.39, 0.29) is 0 Å². The van der Waals surface area contributed by atoms with E-state index in [1.54, 1.807) is 0 Å². The molecule has 52 valence electrons. The minimum Gasteiger partial charge on any atom is -0.300 e. The number of hydrogen-bond donors (Lipinski definition) is 0. The fourth-order valence-electron chi connectivity index (χ4n) is 2.46. The van der Waals surface area contributed by atoms with Crippen molar-refractivity contribution in [2.24, 2.45) is 5.92 Å². The molecular weight excluding hydrogens is 110 g/mol. The molecule has 9 heavy (non-hydrogen) atoms. The van der Waals surface area contributed by atoms with Crippen molar-refractivity contribution in [1.29, 1.82) is 0 Å². The molecule has 2 aliphatic rings. The van der Waals surface area contributed by atoms with E-state index in [1.807, 2.05) is 0 Å². The maximum Gasteiger partial charge on any atom is 0.00984 e. The van der Waals surface area contributed by atoms with Gasteiger partial charge >= 0.3 is 0 Å². The van der Waals surface area contributed by atoms with E-state index in [4.69, 9.17) is 0 Å². The van der Waals surface area contributed by atoms with Gasteiger partial charge in [-0.1, -0.05) is 0 Å². The zero-order valence-electron chi connectivity index (χ0n) is 6.30. The first-order valence-corrected chi connectivity index (χ1v) is 4.01. The molecule has 0 spiro atoms. The van der Waals surface area contributed by atoms with E-state index in [1.165, 1.54) is 19.3 Å². The summed E-state index contributed by atoms with van der Waals surface area (Å²) in [6, 6.07) is 1.83. The summed E-state index contributed by atoms with van der Waals surface area (Å²) in [5.41, 5.74) is 0. The van der Waals surface area contributed by atoms with E-state index in [2.05, 4.69) is 18.9 Å². The lowest BCUT2D eigenvalue weighted by Crippen LogP contribution is -2.35. The van der Waals surface area contributed by atoms with Gasteiger partial charge in [0.15, 0.2) is 0 Å². The van der Waals surface area contributed by atoms with Gasteiger partial charge in [0, 0.05) is 12.1 Å². The Labute approximate surface area is 57.0 Å². The summed E-state index contributed by atoms with van der Waals surface area (Å²) in [5, 5.41) is 0. The van der Waals surface area contributed by atoms with Crippen LogP contribution in [0.15, 0.2) is 0 Å². The second kappa shape index (κ2) is 1.72. The highest BCUT2D eigenvalue weighted by atomic mass is 15.2. The molecule has 0 amide bonds. The van der Waals surface area contributed by atoms with E-state index in [0.717, 1.165) is 18.0 Å². The zero-order valence-corrected chi connectivity index (χ0v) is 6.30. The lowest BCUT2D eigenvalue weighted by Gasteiger charge is -2.28. The first-order chi connectivity index (χ1) is 4.29. The van der Waals surface area contributed by atoms with Crippen LogP contribution in [0.4, 0.5) is 0 Å². The van der Waals surface area contributed by atoms with Crippen LogP contribution in [0.25, 0.3) is 0 Å². The van der Waals surface area contributed by atoms with Crippen molar-refractivity contribution in [3.05, 3.63) is 0 Å². The van der Waals surface area contributed by atoms with Gasteiger partial charge in [-0.2, -0.15) is 0 Å². The largest absolute Gasteiger partial charge is 0.300 e. The van der Waals surface area contributed by atoms with Crippen molar-refractivity contribution in [1.82, 2.24) is 4.90 Å². The number of rotatable bonds is 0. The van der Waals surface area contributed by atoms with Gasteiger partial charge in [-0.05, 0) is 39.2 Å². The first-order valence-electron chi connectivity index (χ1n) is 4.01. The first kappa shape index (κ1) is 5.72. The van der Waals surface area contributed by atoms with Gasteiger partial charge in [0.1, 0.15) is 0 Å². The monoisotopic (exact) mass is 125 g/mol. The van der Waals surface area contributed by atoms with Crippen molar-refractivity contribution >= 4 is 0 Å². The fourth-order valence-corrected chi connectivity index (χ4v) is 2.46. The highest BCUT2D eigenvalue weighted by Gasteiger charge is 2.40. The molecule has 1 aliphatic carbocycles. The summed E-state index contributed by atoms with van der Waals surface area (Å²) >= 11 is 0. The summed E-state index contributed by atoms with van der Waals surface area (Å²) in [7, 11) is 2.27. The lowest BCUT2D eigenvalue weighted by atomic mass is 10.0. The Hall–Kier alpha value is -0.0400. The van der Waals surface area contributed by atoms with Crippen LogP contribution in [0.1, 0.15) is 26.2 Å². The number of piperidine rings is 1. The Kier molecular flexibility index (Phi) is 1.10. The zero-order chi connectivity index (χ0) is 6.43. The van der Waals surface area contributed by atoms with Gasteiger partial charge in [-0.3, -0.25) is 0 Å². The van der Waals surface area contributed by atoms with Crippen LogP contribution in [0.3, 0.4) is 0 Å². The maximum atomic E-state index is 2.55. The molecular formula is C8H15N. The average Bonchev–Trinajstić information content (AvgIpc) is 2.37. The molecule has 2 bridgehead atoms. The molecule has 2 fully saturated rings. The lowest BCUT2D eigenvalue weighted by molar-refractivity contribution is 0.190. The van der Waals surface area contributed by atoms with Gasteiger partial charge < -0.3 is 4.90 Å². The van der Waals surface area contributed by atoms with Gasteiger partial charge in [0.2, 0.25) is 0 Å². The number of nitrogens with zero attached hydrogens (tertiary/aromatic N) is 1. The maximum absolute atomic E-state index is 2.55.